The maximum absolute atomic E-state index is 5.03. The van der Waals surface area contributed by atoms with Crippen molar-refractivity contribution in [1.82, 2.24) is 25.1 Å². The Morgan fingerprint density at radius 2 is 0.967 bits per heavy atom. The fourth-order valence-electron chi connectivity index (χ4n) is 8.45. The van der Waals surface area contributed by atoms with Gasteiger partial charge in [0.05, 0.1) is 10.2 Å². The van der Waals surface area contributed by atoms with E-state index < -0.39 is 0 Å². The molecule has 0 amide bonds. The van der Waals surface area contributed by atoms with Crippen LogP contribution in [0.25, 0.3) is 93.2 Å². The number of hydrogen-bond acceptors (Lipinski definition) is 6. The summed E-state index contributed by atoms with van der Waals surface area (Å²) in [6, 6.07) is 61.7. The third-order valence-corrected chi connectivity index (χ3v) is 12.9. The highest BCUT2D eigenvalue weighted by molar-refractivity contribution is 7.26. The van der Waals surface area contributed by atoms with Gasteiger partial charge in [-0.3, -0.25) is 0 Å². The first-order chi connectivity index (χ1) is 29.6. The predicted molar refractivity (Wildman–Crippen MR) is 248 cm³/mol. The van der Waals surface area contributed by atoms with Crippen LogP contribution in [0.3, 0.4) is 0 Å². The normalized spacial score (nSPS) is 15.1. The Hall–Kier alpha value is -7.41. The molecule has 3 aromatic heterocycles. The van der Waals surface area contributed by atoms with E-state index in [9.17, 15) is 0 Å². The molecule has 0 saturated carbocycles. The van der Waals surface area contributed by atoms with E-state index in [4.69, 9.17) is 15.0 Å². The number of fused-ring (bicyclic) bond motifs is 5. The van der Waals surface area contributed by atoms with Gasteiger partial charge in [0.1, 0.15) is 5.52 Å². The highest BCUT2D eigenvalue weighted by Gasteiger charge is 2.24. The fourth-order valence-corrected chi connectivity index (χ4v) is 9.61. The smallest absolute Gasteiger partial charge is 0.164 e. The van der Waals surface area contributed by atoms with Gasteiger partial charge in [0.15, 0.2) is 17.5 Å². The molecule has 7 aromatic carbocycles. The Bertz CT molecular complexity index is 3240. The summed E-state index contributed by atoms with van der Waals surface area (Å²) in [6.45, 7) is 2.33. The first-order valence-corrected chi connectivity index (χ1v) is 21.1. The van der Waals surface area contributed by atoms with Crippen molar-refractivity contribution in [3.05, 3.63) is 205 Å². The molecule has 284 valence electrons. The van der Waals surface area contributed by atoms with E-state index in [0.29, 0.717) is 17.5 Å². The minimum atomic E-state index is 0.224. The second-order valence-corrected chi connectivity index (χ2v) is 16.4. The van der Waals surface area contributed by atoms with E-state index in [0.717, 1.165) is 44.1 Å². The molecule has 1 aliphatic rings. The van der Waals surface area contributed by atoms with Gasteiger partial charge >= 0.3 is 0 Å². The highest BCUT2D eigenvalue weighted by atomic mass is 32.1. The molecule has 0 bridgehead atoms. The maximum atomic E-state index is 5.03. The molecule has 0 fully saturated rings. The van der Waals surface area contributed by atoms with Crippen LogP contribution in [0.5, 0.6) is 0 Å². The lowest BCUT2D eigenvalue weighted by molar-refractivity contribution is 0.653. The van der Waals surface area contributed by atoms with Crippen molar-refractivity contribution in [3.63, 3.8) is 0 Å². The quantitative estimate of drug-likeness (QED) is 0.161. The third-order valence-electron chi connectivity index (χ3n) is 11.7. The van der Waals surface area contributed by atoms with Crippen LogP contribution in [0.4, 0.5) is 0 Å². The number of hydrogen-bond donors (Lipinski definition) is 0. The zero-order valence-corrected chi connectivity index (χ0v) is 33.6. The van der Waals surface area contributed by atoms with Crippen LogP contribution in [0.2, 0.25) is 0 Å². The van der Waals surface area contributed by atoms with Gasteiger partial charge in [-0.2, -0.15) is 0 Å². The van der Waals surface area contributed by atoms with Crippen LogP contribution in [0.1, 0.15) is 24.0 Å². The van der Waals surface area contributed by atoms with Gasteiger partial charge < -0.3 is 0 Å². The molecule has 0 saturated heterocycles. The second kappa shape index (κ2) is 15.1. The van der Waals surface area contributed by atoms with Gasteiger partial charge in [0, 0.05) is 38.1 Å². The summed E-state index contributed by atoms with van der Waals surface area (Å²) in [4.78, 5) is 15.0. The highest BCUT2D eigenvalue weighted by Crippen LogP contribution is 2.41. The van der Waals surface area contributed by atoms with E-state index in [1.54, 1.807) is 11.3 Å². The van der Waals surface area contributed by atoms with Crippen LogP contribution in [-0.4, -0.2) is 25.1 Å². The Labute approximate surface area is 352 Å². The molecule has 0 radical (unpaired) electrons. The van der Waals surface area contributed by atoms with Crippen molar-refractivity contribution in [1.29, 1.82) is 0 Å². The number of benzene rings is 7. The number of nitrogens with zero attached hydrogens (tertiary/aromatic N) is 5. The summed E-state index contributed by atoms with van der Waals surface area (Å²) in [6.07, 6.45) is 6.79. The average molecular weight is 788 g/mol. The molecule has 60 heavy (non-hydrogen) atoms. The lowest BCUT2D eigenvalue weighted by atomic mass is 9.77. The molecule has 2 unspecified atom stereocenters. The second-order valence-electron chi connectivity index (χ2n) is 15.3. The van der Waals surface area contributed by atoms with E-state index >= 15 is 0 Å². The molecule has 1 aliphatic carbocycles. The monoisotopic (exact) mass is 787 g/mol. The molecule has 5 nitrogen and oxygen atoms in total. The molecular weight excluding hydrogens is 751 g/mol. The van der Waals surface area contributed by atoms with Gasteiger partial charge in [-0.1, -0.05) is 183 Å². The van der Waals surface area contributed by atoms with Crippen LogP contribution in [0, 0.1) is 5.92 Å². The van der Waals surface area contributed by atoms with E-state index in [2.05, 4.69) is 163 Å². The average Bonchev–Trinajstić information content (AvgIpc) is 3.71. The summed E-state index contributed by atoms with van der Waals surface area (Å²) in [7, 11) is 0. The summed E-state index contributed by atoms with van der Waals surface area (Å²) < 4.78 is 2.42. The molecule has 6 heteroatoms. The van der Waals surface area contributed by atoms with Gasteiger partial charge in [-0.15, -0.1) is 21.5 Å². The van der Waals surface area contributed by atoms with Crippen LogP contribution in [0.15, 0.2) is 194 Å². The van der Waals surface area contributed by atoms with Gasteiger partial charge in [0.2, 0.25) is 0 Å². The predicted octanol–water partition coefficient (Wildman–Crippen LogP) is 13.9. The van der Waals surface area contributed by atoms with E-state index in [1.165, 1.54) is 42.8 Å². The van der Waals surface area contributed by atoms with Gasteiger partial charge in [-0.25, -0.2) is 15.0 Å². The molecule has 11 rings (SSSR count). The molecule has 0 aliphatic heterocycles. The van der Waals surface area contributed by atoms with Crippen molar-refractivity contribution in [2.45, 2.75) is 12.8 Å². The van der Waals surface area contributed by atoms with Crippen LogP contribution < -0.4 is 0 Å². The summed E-state index contributed by atoms with van der Waals surface area (Å²) in [5.41, 5.74) is 13.3. The Morgan fingerprint density at radius 3 is 1.65 bits per heavy atom. The molecule has 10 aromatic rings. The first-order valence-electron chi connectivity index (χ1n) is 20.3. The molecule has 0 N–H and O–H groups in total. The minimum Gasteiger partial charge on any atom is -0.208 e. The summed E-state index contributed by atoms with van der Waals surface area (Å²) in [5.74, 6) is 2.46. The van der Waals surface area contributed by atoms with Crippen molar-refractivity contribution < 1.29 is 0 Å². The standard InChI is InChI=1S/C54H37N5S/c1-34-44(38-23-19-37(20-24-38)43-31-32-49-47(33-43)50-51(60-49)46-15-8-9-18-48(46)58-59-50)16-10-17-45(34)39-25-29-42(30-26-39)54-56-52(40-13-6-3-7-14-40)55-53(57-54)41-27-21-36(22-28-41)35-11-4-2-5-12-35/h2-34,45H,1H3. The summed E-state index contributed by atoms with van der Waals surface area (Å²) in [5, 5.41) is 11.5. The van der Waals surface area contributed by atoms with Gasteiger partial charge in [-0.05, 0) is 63.1 Å². The van der Waals surface area contributed by atoms with Crippen molar-refractivity contribution in [2.75, 3.05) is 0 Å². The largest absolute Gasteiger partial charge is 0.208 e. The number of thiophene rings is 1. The first kappa shape index (κ1) is 35.7. The van der Waals surface area contributed by atoms with E-state index in [1.807, 2.05) is 48.5 Å². The van der Waals surface area contributed by atoms with Crippen LogP contribution in [-0.2, 0) is 0 Å². The Kier molecular flexibility index (Phi) is 8.98. The molecule has 2 atom stereocenters. The molecular formula is C54H37N5S. The number of aromatic nitrogens is 5. The lowest BCUT2D eigenvalue weighted by Gasteiger charge is -2.27. The van der Waals surface area contributed by atoms with Crippen molar-refractivity contribution in [2.24, 2.45) is 5.92 Å². The molecule has 0 spiro atoms. The minimum absolute atomic E-state index is 0.224. The Morgan fingerprint density at radius 1 is 0.450 bits per heavy atom. The van der Waals surface area contributed by atoms with Gasteiger partial charge in [0.25, 0.3) is 0 Å². The van der Waals surface area contributed by atoms with E-state index in [-0.39, 0.29) is 11.8 Å². The SMILES string of the molecule is CC1C(c2ccc(-c3ccc4sc5c6ccccc6nnc5c4c3)cc2)=CC=CC1c1ccc(-c2nc(-c3ccccc3)nc(-c3ccc(-c4ccccc4)cc3)n2)cc1. The fraction of sp³-hybridized carbons (Fsp3) is 0.0556. The Balaban J connectivity index is 0.850. The van der Waals surface area contributed by atoms with Crippen LogP contribution >= 0.6 is 11.3 Å². The van der Waals surface area contributed by atoms with Crippen molar-refractivity contribution in [3.8, 4) is 56.4 Å². The zero-order chi connectivity index (χ0) is 40.0. The third kappa shape index (κ3) is 6.57. The topological polar surface area (TPSA) is 64.5 Å². The summed E-state index contributed by atoms with van der Waals surface area (Å²) >= 11 is 1.79. The number of allylic oxidation sites excluding steroid dienone is 4. The lowest BCUT2D eigenvalue weighted by Crippen LogP contribution is -2.12. The maximum Gasteiger partial charge on any atom is 0.164 e. The van der Waals surface area contributed by atoms with Crippen molar-refractivity contribution >= 4 is 48.1 Å². The number of rotatable bonds is 7. The zero-order valence-electron chi connectivity index (χ0n) is 32.8. The molecule has 3 heterocycles.